The molecule has 1 aromatic carbocycles. The number of nitrogens with zero attached hydrogens (tertiary/aromatic N) is 2. The van der Waals surface area contributed by atoms with Gasteiger partial charge in [0, 0.05) is 24.4 Å². The van der Waals surface area contributed by atoms with Crippen molar-refractivity contribution >= 4 is 0 Å². The van der Waals surface area contributed by atoms with Crippen LogP contribution in [0.15, 0.2) is 36.8 Å². The molecule has 3 heteroatoms. The standard InChI is InChI=1S/C17H23N3/c1-13-5-7-15(8-6-13)14(2)20-12-19-11-17(20)16-4-3-9-18-10-16/h5-8,11-12,14,16,18H,3-4,9-10H2,1-2H3. The minimum Gasteiger partial charge on any atom is -0.327 e. The molecule has 1 saturated heterocycles. The molecule has 0 saturated carbocycles. The van der Waals surface area contributed by atoms with Gasteiger partial charge in [-0.2, -0.15) is 0 Å². The van der Waals surface area contributed by atoms with Gasteiger partial charge in [-0.1, -0.05) is 29.8 Å². The van der Waals surface area contributed by atoms with Crippen LogP contribution in [0, 0.1) is 6.92 Å². The van der Waals surface area contributed by atoms with Crippen molar-refractivity contribution in [2.75, 3.05) is 13.1 Å². The van der Waals surface area contributed by atoms with Crippen molar-refractivity contribution in [3.8, 4) is 0 Å². The lowest BCUT2D eigenvalue weighted by Gasteiger charge is -2.26. The van der Waals surface area contributed by atoms with Crippen LogP contribution in [0.2, 0.25) is 0 Å². The quantitative estimate of drug-likeness (QED) is 0.927. The van der Waals surface area contributed by atoms with Crippen LogP contribution < -0.4 is 5.32 Å². The molecule has 106 valence electrons. The summed E-state index contributed by atoms with van der Waals surface area (Å²) in [5, 5.41) is 3.50. The van der Waals surface area contributed by atoms with Crippen molar-refractivity contribution in [3.05, 3.63) is 53.6 Å². The van der Waals surface area contributed by atoms with Crippen LogP contribution in [0.3, 0.4) is 0 Å². The van der Waals surface area contributed by atoms with E-state index < -0.39 is 0 Å². The first-order valence-electron chi connectivity index (χ1n) is 7.54. The second-order valence-electron chi connectivity index (χ2n) is 5.86. The van der Waals surface area contributed by atoms with Crippen molar-refractivity contribution in [2.45, 2.75) is 38.6 Å². The molecule has 2 aromatic rings. The fraction of sp³-hybridized carbons (Fsp3) is 0.471. The molecule has 2 unspecified atom stereocenters. The van der Waals surface area contributed by atoms with Crippen molar-refractivity contribution in [1.29, 1.82) is 0 Å². The second kappa shape index (κ2) is 5.80. The maximum absolute atomic E-state index is 4.40. The molecule has 1 aliphatic heterocycles. The van der Waals surface area contributed by atoms with Gasteiger partial charge in [0.2, 0.25) is 0 Å². The van der Waals surface area contributed by atoms with Crippen molar-refractivity contribution < 1.29 is 0 Å². The van der Waals surface area contributed by atoms with Gasteiger partial charge in [0.15, 0.2) is 0 Å². The predicted molar refractivity (Wildman–Crippen MR) is 82.1 cm³/mol. The summed E-state index contributed by atoms with van der Waals surface area (Å²) in [4.78, 5) is 4.40. The Morgan fingerprint density at radius 1 is 1.30 bits per heavy atom. The number of aryl methyl sites for hydroxylation is 1. The van der Waals surface area contributed by atoms with Crippen molar-refractivity contribution in [3.63, 3.8) is 0 Å². The van der Waals surface area contributed by atoms with Crippen molar-refractivity contribution in [2.24, 2.45) is 0 Å². The second-order valence-corrected chi connectivity index (χ2v) is 5.86. The Hall–Kier alpha value is -1.61. The monoisotopic (exact) mass is 269 g/mol. The first-order valence-corrected chi connectivity index (χ1v) is 7.54. The van der Waals surface area contributed by atoms with E-state index in [9.17, 15) is 0 Å². The summed E-state index contributed by atoms with van der Waals surface area (Å²) >= 11 is 0. The van der Waals surface area contributed by atoms with E-state index in [0.717, 1.165) is 13.1 Å². The lowest BCUT2D eigenvalue weighted by molar-refractivity contribution is 0.435. The number of benzene rings is 1. The highest BCUT2D eigenvalue weighted by molar-refractivity contribution is 5.25. The zero-order chi connectivity index (χ0) is 13.9. The molecular weight excluding hydrogens is 246 g/mol. The van der Waals surface area contributed by atoms with Crippen LogP contribution >= 0.6 is 0 Å². The number of nitrogens with one attached hydrogen (secondary N) is 1. The third-order valence-electron chi connectivity index (χ3n) is 4.39. The molecule has 3 nitrogen and oxygen atoms in total. The minimum atomic E-state index is 0.343. The molecule has 2 heterocycles. The van der Waals surface area contributed by atoms with E-state index in [1.807, 2.05) is 12.5 Å². The highest BCUT2D eigenvalue weighted by atomic mass is 15.1. The van der Waals surface area contributed by atoms with Crippen LogP contribution in [-0.4, -0.2) is 22.6 Å². The van der Waals surface area contributed by atoms with Gasteiger partial charge in [0.05, 0.1) is 12.4 Å². The van der Waals surface area contributed by atoms with Gasteiger partial charge in [-0.25, -0.2) is 4.98 Å². The van der Waals surface area contributed by atoms with Gasteiger partial charge in [0.1, 0.15) is 0 Å². The first kappa shape index (κ1) is 13.4. The van der Waals surface area contributed by atoms with Gasteiger partial charge in [-0.3, -0.25) is 0 Å². The third-order valence-corrected chi connectivity index (χ3v) is 4.39. The Labute approximate surface area is 121 Å². The van der Waals surface area contributed by atoms with E-state index in [4.69, 9.17) is 0 Å². The SMILES string of the molecule is Cc1ccc(C(C)n2cncc2C2CCCNC2)cc1. The number of hydrogen-bond acceptors (Lipinski definition) is 2. The Morgan fingerprint density at radius 2 is 2.10 bits per heavy atom. The number of piperidine rings is 1. The number of rotatable bonds is 3. The molecule has 0 radical (unpaired) electrons. The van der Waals surface area contributed by atoms with E-state index in [-0.39, 0.29) is 0 Å². The zero-order valence-electron chi connectivity index (χ0n) is 12.3. The number of aromatic nitrogens is 2. The molecular formula is C17H23N3. The summed E-state index contributed by atoms with van der Waals surface area (Å²) in [7, 11) is 0. The van der Waals surface area contributed by atoms with E-state index in [0.29, 0.717) is 12.0 Å². The Balaban J connectivity index is 1.86. The highest BCUT2D eigenvalue weighted by Crippen LogP contribution is 2.27. The molecule has 1 fully saturated rings. The van der Waals surface area contributed by atoms with Crippen LogP contribution in [0.1, 0.15) is 48.5 Å². The van der Waals surface area contributed by atoms with Crippen LogP contribution in [0.25, 0.3) is 0 Å². The first-order chi connectivity index (χ1) is 9.75. The Morgan fingerprint density at radius 3 is 2.80 bits per heavy atom. The van der Waals surface area contributed by atoms with Gasteiger partial charge < -0.3 is 9.88 Å². The average molecular weight is 269 g/mol. The van der Waals surface area contributed by atoms with Gasteiger partial charge in [-0.15, -0.1) is 0 Å². The Bertz CT molecular complexity index is 550. The molecule has 2 atom stereocenters. The smallest absolute Gasteiger partial charge is 0.0953 e. The molecule has 3 rings (SSSR count). The summed E-state index contributed by atoms with van der Waals surface area (Å²) in [6, 6.07) is 9.16. The summed E-state index contributed by atoms with van der Waals surface area (Å²) in [6.07, 6.45) is 6.55. The van der Waals surface area contributed by atoms with Crippen LogP contribution in [0.5, 0.6) is 0 Å². The number of hydrogen-bond donors (Lipinski definition) is 1. The molecule has 0 aliphatic carbocycles. The predicted octanol–water partition coefficient (Wildman–Crippen LogP) is 3.27. The molecule has 0 spiro atoms. The van der Waals surface area contributed by atoms with E-state index in [1.54, 1.807) is 0 Å². The maximum Gasteiger partial charge on any atom is 0.0953 e. The van der Waals surface area contributed by atoms with Gasteiger partial charge >= 0.3 is 0 Å². The third kappa shape index (κ3) is 2.63. The molecule has 1 aliphatic rings. The average Bonchev–Trinajstić information content (AvgIpc) is 2.97. The molecule has 0 bridgehead atoms. The summed E-state index contributed by atoms with van der Waals surface area (Å²) in [6.45, 7) is 6.61. The molecule has 0 amide bonds. The molecule has 1 N–H and O–H groups in total. The number of imidazole rings is 1. The normalized spacial score (nSPS) is 20.8. The van der Waals surface area contributed by atoms with Gasteiger partial charge in [-0.05, 0) is 38.8 Å². The van der Waals surface area contributed by atoms with E-state index >= 15 is 0 Å². The topological polar surface area (TPSA) is 29.9 Å². The lowest BCUT2D eigenvalue weighted by Crippen LogP contribution is -2.30. The van der Waals surface area contributed by atoms with Crippen LogP contribution in [-0.2, 0) is 0 Å². The van der Waals surface area contributed by atoms with E-state index in [2.05, 4.69) is 53.0 Å². The fourth-order valence-electron chi connectivity index (χ4n) is 3.06. The summed E-state index contributed by atoms with van der Waals surface area (Å²) in [5.74, 6) is 0.596. The molecule has 20 heavy (non-hydrogen) atoms. The lowest BCUT2D eigenvalue weighted by atomic mass is 9.95. The van der Waals surface area contributed by atoms with E-state index in [1.165, 1.54) is 29.7 Å². The molecule has 1 aromatic heterocycles. The Kier molecular flexibility index (Phi) is 3.88. The highest BCUT2D eigenvalue weighted by Gasteiger charge is 2.21. The largest absolute Gasteiger partial charge is 0.327 e. The summed E-state index contributed by atoms with van der Waals surface area (Å²) in [5.41, 5.74) is 4.02. The maximum atomic E-state index is 4.40. The summed E-state index contributed by atoms with van der Waals surface area (Å²) < 4.78 is 2.34. The minimum absolute atomic E-state index is 0.343. The zero-order valence-corrected chi connectivity index (χ0v) is 12.3. The fourth-order valence-corrected chi connectivity index (χ4v) is 3.06. The van der Waals surface area contributed by atoms with Crippen molar-refractivity contribution in [1.82, 2.24) is 14.9 Å². The van der Waals surface area contributed by atoms with Gasteiger partial charge in [0.25, 0.3) is 0 Å². The van der Waals surface area contributed by atoms with Crippen LogP contribution in [0.4, 0.5) is 0 Å².